The number of hydrogen-bond acceptors (Lipinski definition) is 6. The first-order chi connectivity index (χ1) is 6.45. The minimum absolute atomic E-state index is 0.0757. The molecule has 14 heavy (non-hydrogen) atoms. The zero-order chi connectivity index (χ0) is 10.8. The van der Waals surface area contributed by atoms with Gasteiger partial charge in [0.15, 0.2) is 0 Å². The molecule has 1 unspecified atom stereocenters. The zero-order valence-corrected chi connectivity index (χ0v) is 7.68. The second-order valence-corrected chi connectivity index (χ2v) is 4.19. The largest absolute Gasteiger partial charge is 0.464 e. The summed E-state index contributed by atoms with van der Waals surface area (Å²) in [5.74, 6) is -0.285. The summed E-state index contributed by atoms with van der Waals surface area (Å²) in [6.45, 7) is -0.397. The van der Waals surface area contributed by atoms with E-state index in [2.05, 4.69) is 9.47 Å². The smallest absolute Gasteiger partial charge is 0.300 e. The lowest BCUT2D eigenvalue weighted by Gasteiger charge is -2.23. The Morgan fingerprint density at radius 3 is 2.71 bits per heavy atom. The molecule has 80 valence electrons. The summed E-state index contributed by atoms with van der Waals surface area (Å²) in [7, 11) is -4.38. The highest BCUT2D eigenvalue weighted by Gasteiger charge is 2.35. The van der Waals surface area contributed by atoms with E-state index in [0.717, 1.165) is 6.08 Å². The van der Waals surface area contributed by atoms with Crippen molar-refractivity contribution in [2.24, 2.45) is 0 Å². The van der Waals surface area contributed by atoms with Gasteiger partial charge >= 0.3 is 6.47 Å². The summed E-state index contributed by atoms with van der Waals surface area (Å²) >= 11 is 0. The van der Waals surface area contributed by atoms with Crippen LogP contribution in [-0.4, -0.2) is 42.5 Å². The third kappa shape index (κ3) is 2.44. The van der Waals surface area contributed by atoms with Crippen molar-refractivity contribution in [1.29, 1.82) is 0 Å². The number of carbonyl (C=O) groups is 1. The maximum Gasteiger partial charge on any atom is 0.300 e. The molecule has 0 aromatic rings. The van der Waals surface area contributed by atoms with E-state index in [1.165, 1.54) is 0 Å². The highest BCUT2D eigenvalue weighted by Crippen LogP contribution is 2.17. The summed E-state index contributed by atoms with van der Waals surface area (Å²) in [5, 5.41) is 7.75. The van der Waals surface area contributed by atoms with Crippen LogP contribution in [0.15, 0.2) is 12.0 Å². The van der Waals surface area contributed by atoms with Gasteiger partial charge in [-0.05, 0) is 0 Å². The van der Waals surface area contributed by atoms with Gasteiger partial charge in [-0.15, -0.1) is 0 Å². The topological polar surface area (TPSA) is 110 Å². The van der Waals surface area contributed by atoms with E-state index < -0.39 is 28.1 Å². The molecule has 1 aliphatic rings. The van der Waals surface area contributed by atoms with Crippen molar-refractivity contribution in [1.82, 2.24) is 0 Å². The Morgan fingerprint density at radius 2 is 2.29 bits per heavy atom. The predicted octanol–water partition coefficient (Wildman–Crippen LogP) is -1.35. The molecule has 1 rings (SSSR count). The number of hydrogen-bond donors (Lipinski definition) is 2. The van der Waals surface area contributed by atoms with E-state index in [0.29, 0.717) is 0 Å². The number of ether oxygens (including phenoxy) is 2. The predicted molar refractivity (Wildman–Crippen MR) is 42.5 cm³/mol. The van der Waals surface area contributed by atoms with Crippen LogP contribution in [0.5, 0.6) is 0 Å². The van der Waals surface area contributed by atoms with Crippen LogP contribution in [0.25, 0.3) is 0 Å². The first-order valence-corrected chi connectivity index (χ1v) is 5.04. The molecule has 0 saturated carbocycles. The van der Waals surface area contributed by atoms with Gasteiger partial charge in [0.2, 0.25) is 0 Å². The molecule has 0 aromatic carbocycles. The van der Waals surface area contributed by atoms with Gasteiger partial charge in [-0.25, -0.2) is 0 Å². The monoisotopic (exact) mass is 224 g/mol. The number of rotatable bonds is 3. The molecule has 1 aliphatic heterocycles. The third-order valence-corrected chi connectivity index (χ3v) is 2.80. The van der Waals surface area contributed by atoms with Crippen molar-refractivity contribution in [3.63, 3.8) is 0 Å². The quantitative estimate of drug-likeness (QED) is 0.450. The molecule has 1 heterocycles. The van der Waals surface area contributed by atoms with Crippen molar-refractivity contribution in [2.45, 2.75) is 11.4 Å². The average Bonchev–Trinajstić information content (AvgIpc) is 2.02. The van der Waals surface area contributed by atoms with Crippen LogP contribution in [0.3, 0.4) is 0 Å². The molecule has 2 N–H and O–H groups in total. The summed E-state index contributed by atoms with van der Waals surface area (Å²) < 4.78 is 38.8. The zero-order valence-electron chi connectivity index (χ0n) is 6.86. The maximum atomic E-state index is 10.6. The van der Waals surface area contributed by atoms with E-state index in [-0.39, 0.29) is 12.4 Å². The maximum absolute atomic E-state index is 10.6. The van der Waals surface area contributed by atoms with Gasteiger partial charge in [-0.2, -0.15) is 8.42 Å². The summed E-state index contributed by atoms with van der Waals surface area (Å²) in [6.07, 6.45) is -0.579. The minimum atomic E-state index is -4.38. The van der Waals surface area contributed by atoms with Gasteiger partial charge in [0.05, 0.1) is 0 Å². The van der Waals surface area contributed by atoms with Gasteiger partial charge < -0.3 is 14.6 Å². The van der Waals surface area contributed by atoms with Gasteiger partial charge in [0.1, 0.15) is 18.0 Å². The molecule has 0 amide bonds. The molecule has 0 spiro atoms. The van der Waals surface area contributed by atoms with E-state index in [1.54, 1.807) is 0 Å². The van der Waals surface area contributed by atoms with Crippen molar-refractivity contribution in [3.05, 3.63) is 12.0 Å². The lowest BCUT2D eigenvalue weighted by atomic mass is 10.2. The van der Waals surface area contributed by atoms with Gasteiger partial charge in [0.25, 0.3) is 16.1 Å². The van der Waals surface area contributed by atoms with Crippen LogP contribution >= 0.6 is 0 Å². The van der Waals surface area contributed by atoms with Gasteiger partial charge in [-0.1, -0.05) is 0 Å². The molecule has 0 radical (unpaired) electrons. The Labute approximate surface area is 79.7 Å². The lowest BCUT2D eigenvalue weighted by Crippen LogP contribution is -2.39. The van der Waals surface area contributed by atoms with Crippen LogP contribution in [0.4, 0.5) is 0 Å². The molecule has 0 bridgehead atoms. The van der Waals surface area contributed by atoms with Crippen molar-refractivity contribution >= 4 is 16.6 Å². The van der Waals surface area contributed by atoms with E-state index >= 15 is 0 Å². The number of carbonyl (C=O) groups excluding carboxylic acids is 1. The summed E-state index contributed by atoms with van der Waals surface area (Å²) in [5.41, 5.74) is 0. The third-order valence-electron chi connectivity index (χ3n) is 1.62. The van der Waals surface area contributed by atoms with Crippen LogP contribution in [0, 0.1) is 0 Å². The minimum Gasteiger partial charge on any atom is -0.464 e. The van der Waals surface area contributed by atoms with E-state index in [4.69, 9.17) is 4.55 Å². The van der Waals surface area contributed by atoms with E-state index in [1.807, 2.05) is 0 Å². The molecular weight excluding hydrogens is 216 g/mol. The van der Waals surface area contributed by atoms with Crippen molar-refractivity contribution in [2.75, 3.05) is 6.61 Å². The molecule has 0 fully saturated rings. The summed E-state index contributed by atoms with van der Waals surface area (Å²) in [6, 6.07) is 0. The Kier molecular flexibility index (Phi) is 3.09. The molecule has 0 aromatic heterocycles. The van der Waals surface area contributed by atoms with Gasteiger partial charge in [-0.3, -0.25) is 9.35 Å². The number of aliphatic hydroxyl groups excluding tert-OH is 1. The Hall–Kier alpha value is -1.12. The molecule has 7 nitrogen and oxygen atoms in total. The first kappa shape index (κ1) is 11.0. The van der Waals surface area contributed by atoms with Gasteiger partial charge in [0, 0.05) is 6.08 Å². The van der Waals surface area contributed by atoms with Crippen molar-refractivity contribution in [3.8, 4) is 0 Å². The Morgan fingerprint density at radius 1 is 1.64 bits per heavy atom. The Bertz CT molecular complexity index is 343. The highest BCUT2D eigenvalue weighted by atomic mass is 32.2. The molecular formula is C6H8O7S. The fourth-order valence-electron chi connectivity index (χ4n) is 0.941. The standard InChI is InChI=1S/C6H8O7S/c7-3-13-6-1-4(8)5(2-12-6)14(9,10)11/h1,3-5,8H,2H2,(H,9,10,11)/t4-,5?/m1/s1. The molecule has 0 saturated heterocycles. The van der Waals surface area contributed by atoms with Crippen LogP contribution in [-0.2, 0) is 24.4 Å². The van der Waals surface area contributed by atoms with E-state index in [9.17, 15) is 18.3 Å². The normalized spacial score (nSPS) is 27.4. The Balaban J connectivity index is 2.79. The van der Waals surface area contributed by atoms with Crippen LogP contribution in [0.1, 0.15) is 0 Å². The fourth-order valence-corrected chi connectivity index (χ4v) is 1.61. The number of aliphatic hydroxyl groups is 1. The summed E-state index contributed by atoms with van der Waals surface area (Å²) in [4.78, 5) is 9.87. The van der Waals surface area contributed by atoms with Crippen molar-refractivity contribution < 1.29 is 32.3 Å². The fraction of sp³-hybridized carbons (Fsp3) is 0.500. The molecule has 0 aliphatic carbocycles. The highest BCUT2D eigenvalue weighted by molar-refractivity contribution is 7.86. The lowest BCUT2D eigenvalue weighted by molar-refractivity contribution is -0.131. The SMILES string of the molecule is O=COC1=C[C@@H](O)C(S(=O)(=O)O)CO1. The second kappa shape index (κ2) is 3.95. The van der Waals surface area contributed by atoms with Crippen LogP contribution in [0.2, 0.25) is 0 Å². The van der Waals surface area contributed by atoms with Crippen LogP contribution < -0.4 is 0 Å². The molecule has 2 atom stereocenters. The molecule has 8 heteroatoms. The first-order valence-electron chi connectivity index (χ1n) is 3.54. The average molecular weight is 224 g/mol. The second-order valence-electron chi connectivity index (χ2n) is 2.55.